The summed E-state index contributed by atoms with van der Waals surface area (Å²) in [6.45, 7) is 2.08. The Balaban J connectivity index is 1.74. The molecule has 2 atom stereocenters. The summed E-state index contributed by atoms with van der Waals surface area (Å²) in [4.78, 5) is 0. The molecule has 3 aliphatic heterocycles. The van der Waals surface area contributed by atoms with Crippen LogP contribution in [0.25, 0.3) is 5.57 Å². The first-order valence-electron chi connectivity index (χ1n) is 8.78. The number of aryl methyl sites for hydroxylation is 1. The number of benzene rings is 2. The van der Waals surface area contributed by atoms with Gasteiger partial charge in [0.15, 0.2) is 0 Å². The lowest BCUT2D eigenvalue weighted by Gasteiger charge is -2.30. The van der Waals surface area contributed by atoms with E-state index >= 15 is 0 Å². The third-order valence-electron chi connectivity index (χ3n) is 5.54. The Hall–Kier alpha value is -2.26. The van der Waals surface area contributed by atoms with Crippen molar-refractivity contribution in [1.29, 1.82) is 0 Å². The Morgan fingerprint density at radius 1 is 0.958 bits per heavy atom. The molecule has 2 unspecified atom stereocenters. The number of hydrogen-bond donors (Lipinski definition) is 2. The molecule has 0 spiro atoms. The molecule has 2 aromatic carbocycles. The molecule has 2 bridgehead atoms. The van der Waals surface area contributed by atoms with Gasteiger partial charge in [0.05, 0.1) is 0 Å². The molecule has 0 radical (unpaired) electrons. The Bertz CT molecular complexity index is 801. The van der Waals surface area contributed by atoms with Crippen molar-refractivity contribution >= 4 is 5.57 Å². The molecular weight excluding hydrogens is 298 g/mol. The minimum Gasteiger partial charge on any atom is -0.508 e. The van der Waals surface area contributed by atoms with Crippen LogP contribution in [0.5, 0.6) is 17.2 Å². The number of rotatable bonds is 0. The van der Waals surface area contributed by atoms with E-state index in [-0.39, 0.29) is 5.75 Å². The van der Waals surface area contributed by atoms with Crippen LogP contribution in [-0.4, -0.2) is 17.2 Å². The zero-order valence-electron chi connectivity index (χ0n) is 13.8. The van der Waals surface area contributed by atoms with Crippen molar-refractivity contribution in [3.05, 3.63) is 58.7 Å². The van der Waals surface area contributed by atoms with E-state index in [9.17, 15) is 5.11 Å². The van der Waals surface area contributed by atoms with Crippen LogP contribution in [-0.2, 0) is 0 Å². The highest BCUT2D eigenvalue weighted by Crippen LogP contribution is 2.48. The first-order chi connectivity index (χ1) is 11.7. The van der Waals surface area contributed by atoms with Crippen LogP contribution in [0.4, 0.5) is 0 Å². The Kier molecular flexibility index (Phi) is 3.01. The van der Waals surface area contributed by atoms with Crippen LogP contribution in [0.1, 0.15) is 42.4 Å². The second-order valence-corrected chi connectivity index (χ2v) is 7.31. The third kappa shape index (κ3) is 2.15. The van der Waals surface area contributed by atoms with Crippen molar-refractivity contribution in [3.63, 3.8) is 0 Å². The van der Waals surface area contributed by atoms with Crippen LogP contribution < -0.4 is 10.1 Å². The maximum Gasteiger partial charge on any atom is 0.138 e. The van der Waals surface area contributed by atoms with Gasteiger partial charge in [0, 0.05) is 29.3 Å². The summed E-state index contributed by atoms with van der Waals surface area (Å²) >= 11 is 0. The van der Waals surface area contributed by atoms with Gasteiger partial charge >= 0.3 is 0 Å². The normalized spacial score (nSPS) is 24.4. The van der Waals surface area contributed by atoms with Crippen molar-refractivity contribution in [2.75, 3.05) is 0 Å². The monoisotopic (exact) mass is 319 g/mol. The van der Waals surface area contributed by atoms with Crippen LogP contribution in [0.15, 0.2) is 42.0 Å². The molecule has 0 aliphatic carbocycles. The molecule has 2 aromatic rings. The zero-order valence-corrected chi connectivity index (χ0v) is 13.8. The minimum atomic E-state index is 0.250. The molecule has 122 valence electrons. The van der Waals surface area contributed by atoms with E-state index < -0.39 is 0 Å². The molecule has 2 fully saturated rings. The van der Waals surface area contributed by atoms with E-state index in [2.05, 4.69) is 30.4 Å². The van der Waals surface area contributed by atoms with Gasteiger partial charge in [0.25, 0.3) is 0 Å². The van der Waals surface area contributed by atoms with Gasteiger partial charge in [-0.25, -0.2) is 0 Å². The highest BCUT2D eigenvalue weighted by atomic mass is 16.5. The van der Waals surface area contributed by atoms with Gasteiger partial charge < -0.3 is 15.2 Å². The molecule has 24 heavy (non-hydrogen) atoms. The maximum atomic E-state index is 9.88. The summed E-state index contributed by atoms with van der Waals surface area (Å²) in [5, 5.41) is 13.6. The lowest BCUT2D eigenvalue weighted by Crippen LogP contribution is -2.35. The molecule has 3 aliphatic rings. The molecule has 0 amide bonds. The van der Waals surface area contributed by atoms with Crippen molar-refractivity contribution < 1.29 is 9.84 Å². The summed E-state index contributed by atoms with van der Waals surface area (Å²) in [5.74, 6) is 1.92. The highest BCUT2D eigenvalue weighted by molar-refractivity contribution is 5.90. The number of fused-ring (bicyclic) bond motifs is 4. The standard InChI is InChI=1S/C21H21NO2/c1-12-2-6-17-19(8-12)24-20-11-16(23)5-7-18(20)21(17)13-9-14-3-4-15(10-13)22-14/h2,5-8,11,14-15,22-23H,3-4,9-10H2,1H3. The predicted octanol–water partition coefficient (Wildman–Crippen LogP) is 4.52. The number of nitrogens with one attached hydrogen (secondary N) is 1. The van der Waals surface area contributed by atoms with E-state index in [0.29, 0.717) is 12.1 Å². The predicted molar refractivity (Wildman–Crippen MR) is 94.6 cm³/mol. The summed E-state index contributed by atoms with van der Waals surface area (Å²) in [6.07, 6.45) is 4.78. The van der Waals surface area contributed by atoms with Gasteiger partial charge in [-0.15, -0.1) is 0 Å². The number of ether oxygens (including phenoxy) is 1. The van der Waals surface area contributed by atoms with Gasteiger partial charge in [-0.2, -0.15) is 0 Å². The van der Waals surface area contributed by atoms with E-state index in [1.165, 1.54) is 35.1 Å². The molecular formula is C21H21NO2. The first-order valence-corrected chi connectivity index (χ1v) is 8.78. The second-order valence-electron chi connectivity index (χ2n) is 7.31. The quantitative estimate of drug-likeness (QED) is 0.640. The minimum absolute atomic E-state index is 0.250. The Labute approximate surface area is 142 Å². The van der Waals surface area contributed by atoms with Crippen LogP contribution in [0.3, 0.4) is 0 Å². The van der Waals surface area contributed by atoms with Crippen molar-refractivity contribution in [2.24, 2.45) is 0 Å². The molecule has 3 heterocycles. The first kappa shape index (κ1) is 14.1. The topological polar surface area (TPSA) is 41.5 Å². The molecule has 3 nitrogen and oxygen atoms in total. The second kappa shape index (κ2) is 5.12. The third-order valence-corrected chi connectivity index (χ3v) is 5.54. The highest BCUT2D eigenvalue weighted by Gasteiger charge is 2.34. The van der Waals surface area contributed by atoms with Gasteiger partial charge in [0.2, 0.25) is 0 Å². The molecule has 0 saturated carbocycles. The van der Waals surface area contributed by atoms with E-state index in [1.807, 2.05) is 6.07 Å². The smallest absolute Gasteiger partial charge is 0.138 e. The van der Waals surface area contributed by atoms with E-state index in [4.69, 9.17) is 4.74 Å². The van der Waals surface area contributed by atoms with Crippen LogP contribution in [0, 0.1) is 6.92 Å². The summed E-state index contributed by atoms with van der Waals surface area (Å²) < 4.78 is 6.12. The van der Waals surface area contributed by atoms with Crippen LogP contribution >= 0.6 is 0 Å². The SMILES string of the molecule is Cc1ccc2c(c1)Oc1cc(O)ccc1C2=C1CC2CCC(C1)N2. The Morgan fingerprint density at radius 3 is 2.38 bits per heavy atom. The largest absolute Gasteiger partial charge is 0.508 e. The number of piperidine rings is 1. The lowest BCUT2D eigenvalue weighted by atomic mass is 9.84. The van der Waals surface area contributed by atoms with Gasteiger partial charge in [-0.3, -0.25) is 0 Å². The fourth-order valence-corrected chi connectivity index (χ4v) is 4.47. The van der Waals surface area contributed by atoms with E-state index in [1.54, 1.807) is 12.1 Å². The average molecular weight is 319 g/mol. The van der Waals surface area contributed by atoms with Gasteiger partial charge in [-0.1, -0.05) is 17.7 Å². The molecule has 5 rings (SSSR count). The average Bonchev–Trinajstić information content (AvgIpc) is 2.90. The number of hydrogen-bond acceptors (Lipinski definition) is 3. The van der Waals surface area contributed by atoms with Crippen LogP contribution in [0.2, 0.25) is 0 Å². The van der Waals surface area contributed by atoms with E-state index in [0.717, 1.165) is 29.9 Å². The molecule has 0 aromatic heterocycles. The number of phenols is 1. The fraction of sp³-hybridized carbons (Fsp3) is 0.333. The van der Waals surface area contributed by atoms with Crippen molar-refractivity contribution in [2.45, 2.75) is 44.7 Å². The van der Waals surface area contributed by atoms with Gasteiger partial charge in [-0.05, 0) is 61.9 Å². The summed E-state index contributed by atoms with van der Waals surface area (Å²) in [6, 6.07) is 13.2. The zero-order chi connectivity index (χ0) is 16.3. The van der Waals surface area contributed by atoms with Gasteiger partial charge in [0.1, 0.15) is 17.2 Å². The lowest BCUT2D eigenvalue weighted by molar-refractivity contribution is 0.448. The number of phenolic OH excluding ortho intramolecular Hbond substituents is 1. The number of aromatic hydroxyl groups is 1. The summed E-state index contributed by atoms with van der Waals surface area (Å²) in [7, 11) is 0. The molecule has 2 N–H and O–H groups in total. The van der Waals surface area contributed by atoms with Crippen molar-refractivity contribution in [1.82, 2.24) is 5.32 Å². The molecule has 2 saturated heterocycles. The fourth-order valence-electron chi connectivity index (χ4n) is 4.47. The van der Waals surface area contributed by atoms with Crippen molar-refractivity contribution in [3.8, 4) is 17.2 Å². The summed E-state index contributed by atoms with van der Waals surface area (Å²) in [5.41, 5.74) is 6.34. The Morgan fingerprint density at radius 2 is 1.62 bits per heavy atom. The maximum absolute atomic E-state index is 9.88. The molecule has 3 heteroatoms.